The first-order valence-corrected chi connectivity index (χ1v) is 9.98. The molecule has 7 heteroatoms. The van der Waals surface area contributed by atoms with Crippen LogP contribution in [0.2, 0.25) is 0 Å². The monoisotopic (exact) mass is 397 g/mol. The van der Waals surface area contributed by atoms with Crippen molar-refractivity contribution in [3.05, 3.63) is 48.2 Å². The summed E-state index contributed by atoms with van der Waals surface area (Å²) in [6, 6.07) is 10.7. The lowest BCUT2D eigenvalue weighted by Crippen LogP contribution is -2.43. The summed E-state index contributed by atoms with van der Waals surface area (Å²) in [4.78, 5) is 31.4. The Morgan fingerprint density at radius 1 is 1.14 bits per heavy atom. The molecule has 1 aromatic heterocycles. The molecule has 0 radical (unpaired) electrons. The Bertz CT molecular complexity index is 853. The number of nitrogens with zero attached hydrogens (tertiary/aromatic N) is 2. The molecule has 154 valence electrons. The van der Waals surface area contributed by atoms with E-state index in [1.807, 2.05) is 32.0 Å². The molecule has 1 aromatic carbocycles. The summed E-state index contributed by atoms with van der Waals surface area (Å²) in [6.07, 6.45) is 4.09. The zero-order chi connectivity index (χ0) is 20.6. The van der Waals surface area contributed by atoms with Crippen LogP contribution >= 0.6 is 0 Å². The van der Waals surface area contributed by atoms with Gasteiger partial charge in [0.1, 0.15) is 5.56 Å². The van der Waals surface area contributed by atoms with Gasteiger partial charge in [-0.1, -0.05) is 12.1 Å². The van der Waals surface area contributed by atoms with Crippen LogP contribution in [-0.4, -0.2) is 47.4 Å². The van der Waals surface area contributed by atoms with Gasteiger partial charge in [0.15, 0.2) is 11.5 Å². The van der Waals surface area contributed by atoms with Crippen LogP contribution in [0.3, 0.4) is 0 Å². The van der Waals surface area contributed by atoms with Crippen molar-refractivity contribution in [3.8, 4) is 17.4 Å². The van der Waals surface area contributed by atoms with Crippen molar-refractivity contribution in [2.75, 3.05) is 19.7 Å². The van der Waals surface area contributed by atoms with Crippen molar-refractivity contribution < 1.29 is 19.1 Å². The number of pyridine rings is 1. The Labute approximate surface area is 171 Å². The third kappa shape index (κ3) is 5.70. The maximum Gasteiger partial charge on any atom is 0.259 e. The number of carbonyl (C=O) groups excluding carboxylic acids is 2. The molecule has 7 nitrogen and oxygen atoms in total. The lowest BCUT2D eigenvalue weighted by atomic mass is 10.2. The van der Waals surface area contributed by atoms with E-state index < -0.39 is 0 Å². The van der Waals surface area contributed by atoms with Crippen LogP contribution in [0.25, 0.3) is 0 Å². The lowest BCUT2D eigenvalue weighted by molar-refractivity contribution is -0.122. The predicted octanol–water partition coefficient (Wildman–Crippen LogP) is 3.40. The van der Waals surface area contributed by atoms with Crippen molar-refractivity contribution in [2.24, 2.45) is 0 Å². The van der Waals surface area contributed by atoms with E-state index in [9.17, 15) is 9.59 Å². The van der Waals surface area contributed by atoms with Crippen molar-refractivity contribution in [1.29, 1.82) is 0 Å². The maximum atomic E-state index is 13.3. The molecule has 0 fully saturated rings. The number of ether oxygens (including phenoxy) is 2. The van der Waals surface area contributed by atoms with Gasteiger partial charge in [0.2, 0.25) is 11.8 Å². The van der Waals surface area contributed by atoms with E-state index in [0.717, 1.165) is 19.3 Å². The minimum Gasteiger partial charge on any atom is -0.490 e. The van der Waals surface area contributed by atoms with Crippen LogP contribution < -0.4 is 14.8 Å². The number of rotatable bonds is 3. The Morgan fingerprint density at radius 3 is 2.72 bits per heavy atom. The van der Waals surface area contributed by atoms with Gasteiger partial charge in [0.25, 0.3) is 5.91 Å². The number of carbonyl (C=O) groups is 2. The van der Waals surface area contributed by atoms with Crippen LogP contribution in [0.1, 0.15) is 43.5 Å². The van der Waals surface area contributed by atoms with Crippen molar-refractivity contribution in [1.82, 2.24) is 15.2 Å². The molecule has 1 aliphatic rings. The molecule has 1 aliphatic heterocycles. The largest absolute Gasteiger partial charge is 0.490 e. The summed E-state index contributed by atoms with van der Waals surface area (Å²) in [7, 11) is 0. The van der Waals surface area contributed by atoms with Crippen LogP contribution in [0.15, 0.2) is 42.6 Å². The van der Waals surface area contributed by atoms with E-state index in [2.05, 4.69) is 10.3 Å². The highest BCUT2D eigenvalue weighted by molar-refractivity contribution is 5.98. The minimum absolute atomic E-state index is 0.00155. The molecule has 0 aliphatic carbocycles. The average molecular weight is 397 g/mol. The fraction of sp³-hybridized carbons (Fsp3) is 0.409. The zero-order valence-corrected chi connectivity index (χ0v) is 16.9. The second-order valence-electron chi connectivity index (χ2n) is 7.26. The standard InChI is InChI=1S/C22H27N3O4/c1-16(2)24-20(26)15-25-13-6-3-7-14-28-18-10-4-5-11-19(18)29-21-17(22(25)27)9-8-12-23-21/h4-5,8-12,16H,3,6-7,13-15H2,1-2H3,(H,24,26). The Balaban J connectivity index is 1.91. The van der Waals surface area contributed by atoms with Crippen LogP contribution in [0.4, 0.5) is 0 Å². The molecule has 0 atom stereocenters. The predicted molar refractivity (Wildman–Crippen MR) is 109 cm³/mol. The molecule has 2 aromatic rings. The summed E-state index contributed by atoms with van der Waals surface area (Å²) >= 11 is 0. The molecular weight excluding hydrogens is 370 g/mol. The number of benzene rings is 1. The molecule has 29 heavy (non-hydrogen) atoms. The van der Waals surface area contributed by atoms with Gasteiger partial charge in [-0.15, -0.1) is 0 Å². The van der Waals surface area contributed by atoms with Gasteiger partial charge in [-0.2, -0.15) is 0 Å². The number of hydrogen-bond donors (Lipinski definition) is 1. The normalized spacial score (nSPS) is 15.0. The number of hydrogen-bond acceptors (Lipinski definition) is 5. The zero-order valence-electron chi connectivity index (χ0n) is 16.9. The van der Waals surface area contributed by atoms with Gasteiger partial charge in [-0.25, -0.2) is 4.98 Å². The number of nitrogens with one attached hydrogen (secondary N) is 1. The molecule has 0 spiro atoms. The summed E-state index contributed by atoms with van der Waals surface area (Å²) in [5.74, 6) is 0.858. The smallest absolute Gasteiger partial charge is 0.259 e. The molecule has 0 bridgehead atoms. The SMILES string of the molecule is CC(C)NC(=O)CN1CCCCCOc2ccccc2Oc2ncccc2C1=O. The third-order valence-electron chi connectivity index (χ3n) is 4.46. The molecule has 3 rings (SSSR count). The second-order valence-corrected chi connectivity index (χ2v) is 7.26. The van der Waals surface area contributed by atoms with Gasteiger partial charge in [-0.3, -0.25) is 9.59 Å². The summed E-state index contributed by atoms with van der Waals surface area (Å²) in [6.45, 7) is 4.81. The maximum absolute atomic E-state index is 13.3. The molecule has 0 saturated carbocycles. The summed E-state index contributed by atoms with van der Waals surface area (Å²) in [5, 5.41) is 2.84. The Kier molecular flexibility index (Phi) is 7.05. The Hall–Kier alpha value is -3.09. The van der Waals surface area contributed by atoms with Crippen LogP contribution in [0, 0.1) is 0 Å². The van der Waals surface area contributed by atoms with Gasteiger partial charge in [0.05, 0.1) is 13.2 Å². The molecular formula is C22H27N3O4. The Morgan fingerprint density at radius 2 is 1.93 bits per heavy atom. The van der Waals surface area contributed by atoms with Crippen molar-refractivity contribution >= 4 is 11.8 Å². The van der Waals surface area contributed by atoms with Gasteiger partial charge >= 0.3 is 0 Å². The number of fused-ring (bicyclic) bond motifs is 2. The fourth-order valence-corrected chi connectivity index (χ4v) is 3.12. The van der Waals surface area contributed by atoms with E-state index in [0.29, 0.717) is 30.2 Å². The van der Waals surface area contributed by atoms with E-state index >= 15 is 0 Å². The fourth-order valence-electron chi connectivity index (χ4n) is 3.12. The quantitative estimate of drug-likeness (QED) is 0.859. The lowest BCUT2D eigenvalue weighted by Gasteiger charge is -2.23. The van der Waals surface area contributed by atoms with E-state index in [-0.39, 0.29) is 30.3 Å². The first kappa shape index (κ1) is 20.6. The highest BCUT2D eigenvalue weighted by Crippen LogP contribution is 2.32. The highest BCUT2D eigenvalue weighted by Gasteiger charge is 2.24. The summed E-state index contributed by atoms with van der Waals surface area (Å²) < 4.78 is 11.8. The van der Waals surface area contributed by atoms with Crippen molar-refractivity contribution in [2.45, 2.75) is 39.2 Å². The minimum atomic E-state index is -0.273. The number of aromatic nitrogens is 1. The number of amides is 2. The first-order chi connectivity index (χ1) is 14.0. The van der Waals surface area contributed by atoms with E-state index in [1.165, 1.54) is 0 Å². The van der Waals surface area contributed by atoms with Gasteiger partial charge < -0.3 is 19.7 Å². The van der Waals surface area contributed by atoms with E-state index in [4.69, 9.17) is 9.47 Å². The molecule has 1 N–H and O–H groups in total. The van der Waals surface area contributed by atoms with Crippen molar-refractivity contribution in [3.63, 3.8) is 0 Å². The average Bonchev–Trinajstić information content (AvgIpc) is 2.70. The van der Waals surface area contributed by atoms with Gasteiger partial charge in [-0.05, 0) is 57.4 Å². The first-order valence-electron chi connectivity index (χ1n) is 9.98. The topological polar surface area (TPSA) is 80.8 Å². The van der Waals surface area contributed by atoms with Crippen LogP contribution in [-0.2, 0) is 4.79 Å². The molecule has 0 saturated heterocycles. The molecule has 0 unspecified atom stereocenters. The van der Waals surface area contributed by atoms with Crippen LogP contribution in [0.5, 0.6) is 17.4 Å². The highest BCUT2D eigenvalue weighted by atomic mass is 16.5. The number of para-hydroxylation sites is 2. The molecule has 2 heterocycles. The third-order valence-corrected chi connectivity index (χ3v) is 4.46. The summed E-state index contributed by atoms with van der Waals surface area (Å²) in [5.41, 5.74) is 0.318. The second kappa shape index (κ2) is 9.91. The molecule has 2 amide bonds. The van der Waals surface area contributed by atoms with Gasteiger partial charge in [0, 0.05) is 18.8 Å². The van der Waals surface area contributed by atoms with E-state index in [1.54, 1.807) is 29.3 Å².